The van der Waals surface area contributed by atoms with Crippen LogP contribution in [0.25, 0.3) is 0 Å². The number of hydrogen-bond donors (Lipinski definition) is 1. The Morgan fingerprint density at radius 1 is 1.58 bits per heavy atom. The molecule has 0 bridgehead atoms. The summed E-state index contributed by atoms with van der Waals surface area (Å²) in [7, 11) is 0. The number of hydrogen-bond acceptors (Lipinski definition) is 5. The Labute approximate surface area is 113 Å². The van der Waals surface area contributed by atoms with Crippen LogP contribution in [0.2, 0.25) is 5.02 Å². The number of carboxylic acids is 1. The molecule has 0 radical (unpaired) electrons. The quantitative estimate of drug-likeness (QED) is 0.669. The molecule has 0 spiro atoms. The lowest BCUT2D eigenvalue weighted by Crippen LogP contribution is -2.50. The zero-order valence-corrected chi connectivity index (χ0v) is 10.5. The summed E-state index contributed by atoms with van der Waals surface area (Å²) in [5, 5.41) is 19.9. The SMILES string of the molecule is O=C(O)C1COCCN1c1ccc([N+](=O)[O-])cc1Cl. The molecule has 0 amide bonds. The molecule has 0 aliphatic carbocycles. The van der Waals surface area contributed by atoms with Crippen LogP contribution in [0.5, 0.6) is 0 Å². The van der Waals surface area contributed by atoms with E-state index in [-0.39, 0.29) is 17.3 Å². The summed E-state index contributed by atoms with van der Waals surface area (Å²) in [6.45, 7) is 0.814. The van der Waals surface area contributed by atoms with Gasteiger partial charge in [-0.05, 0) is 6.07 Å². The van der Waals surface area contributed by atoms with Gasteiger partial charge in [0.25, 0.3) is 5.69 Å². The predicted octanol–water partition coefficient (Wildman–Crippen LogP) is 1.54. The van der Waals surface area contributed by atoms with Crippen LogP contribution in [0.15, 0.2) is 18.2 Å². The van der Waals surface area contributed by atoms with E-state index in [1.165, 1.54) is 18.2 Å². The molecular formula is C11H11ClN2O5. The van der Waals surface area contributed by atoms with Gasteiger partial charge in [0.15, 0.2) is 6.04 Å². The summed E-state index contributed by atoms with van der Waals surface area (Å²) < 4.78 is 5.12. The van der Waals surface area contributed by atoms with Crippen molar-refractivity contribution >= 4 is 28.9 Å². The number of halogens is 1. The maximum atomic E-state index is 11.2. The Hall–Kier alpha value is -1.86. The second-order valence-corrected chi connectivity index (χ2v) is 4.42. The minimum absolute atomic E-state index is 0.0582. The molecule has 1 fully saturated rings. The van der Waals surface area contributed by atoms with Crippen LogP contribution < -0.4 is 4.90 Å². The average molecular weight is 287 g/mol. The molecule has 0 aromatic heterocycles. The number of ether oxygens (including phenoxy) is 1. The average Bonchev–Trinajstić information content (AvgIpc) is 2.38. The van der Waals surface area contributed by atoms with Crippen LogP contribution in [-0.2, 0) is 9.53 Å². The van der Waals surface area contributed by atoms with Crippen molar-refractivity contribution < 1.29 is 19.6 Å². The maximum absolute atomic E-state index is 11.2. The van der Waals surface area contributed by atoms with Crippen LogP contribution in [0.3, 0.4) is 0 Å². The number of rotatable bonds is 3. The van der Waals surface area contributed by atoms with Crippen molar-refractivity contribution in [3.05, 3.63) is 33.3 Å². The van der Waals surface area contributed by atoms with Gasteiger partial charge in [-0.2, -0.15) is 0 Å². The number of nitrogens with zero attached hydrogens (tertiary/aromatic N) is 2. The fraction of sp³-hybridized carbons (Fsp3) is 0.364. The smallest absolute Gasteiger partial charge is 0.328 e. The first-order valence-corrected chi connectivity index (χ1v) is 5.89. The number of non-ortho nitro benzene ring substituents is 1. The minimum Gasteiger partial charge on any atom is -0.480 e. The van der Waals surface area contributed by atoms with Crippen molar-refractivity contribution in [2.75, 3.05) is 24.7 Å². The third kappa shape index (κ3) is 2.77. The van der Waals surface area contributed by atoms with Crippen LogP contribution in [-0.4, -0.2) is 41.8 Å². The second-order valence-electron chi connectivity index (χ2n) is 4.02. The summed E-state index contributed by atoms with van der Waals surface area (Å²) in [6.07, 6.45) is 0. The number of carboxylic acid groups (broad SMARTS) is 1. The monoisotopic (exact) mass is 286 g/mol. The van der Waals surface area contributed by atoms with Gasteiger partial charge in [-0.1, -0.05) is 11.6 Å². The number of aliphatic carboxylic acids is 1. The Kier molecular flexibility index (Phi) is 3.87. The molecule has 1 aliphatic rings. The van der Waals surface area contributed by atoms with Crippen LogP contribution >= 0.6 is 11.6 Å². The van der Waals surface area contributed by atoms with E-state index in [0.29, 0.717) is 18.8 Å². The zero-order chi connectivity index (χ0) is 14.0. The molecule has 1 aromatic carbocycles. The highest BCUT2D eigenvalue weighted by molar-refractivity contribution is 6.33. The maximum Gasteiger partial charge on any atom is 0.328 e. The molecule has 1 unspecified atom stereocenters. The first kappa shape index (κ1) is 13.6. The van der Waals surface area contributed by atoms with Gasteiger partial charge in [-0.15, -0.1) is 0 Å². The second kappa shape index (κ2) is 5.41. The Bertz CT molecular complexity index is 522. The van der Waals surface area contributed by atoms with Gasteiger partial charge in [0, 0.05) is 18.7 Å². The Balaban J connectivity index is 2.34. The fourth-order valence-electron chi connectivity index (χ4n) is 1.94. The highest BCUT2D eigenvalue weighted by Gasteiger charge is 2.30. The number of nitro groups is 1. The minimum atomic E-state index is -1.02. The van der Waals surface area contributed by atoms with Crippen molar-refractivity contribution in [3.8, 4) is 0 Å². The molecule has 7 nitrogen and oxygen atoms in total. The molecule has 2 rings (SSSR count). The number of benzene rings is 1. The molecule has 0 saturated carbocycles. The van der Waals surface area contributed by atoms with Gasteiger partial charge >= 0.3 is 5.97 Å². The predicted molar refractivity (Wildman–Crippen MR) is 67.7 cm³/mol. The lowest BCUT2D eigenvalue weighted by molar-refractivity contribution is -0.384. The van der Waals surface area contributed by atoms with E-state index < -0.39 is 16.9 Å². The summed E-state index contributed by atoms with van der Waals surface area (Å²) in [5.74, 6) is -1.02. The molecule has 102 valence electrons. The largest absolute Gasteiger partial charge is 0.480 e. The highest BCUT2D eigenvalue weighted by Crippen LogP contribution is 2.31. The van der Waals surface area contributed by atoms with Gasteiger partial charge in [0.1, 0.15) is 0 Å². The number of nitro benzene ring substituents is 1. The van der Waals surface area contributed by atoms with Crippen LogP contribution in [0.4, 0.5) is 11.4 Å². The van der Waals surface area contributed by atoms with Crippen molar-refractivity contribution in [2.45, 2.75) is 6.04 Å². The van der Waals surface area contributed by atoms with Gasteiger partial charge in [0.05, 0.1) is 28.8 Å². The van der Waals surface area contributed by atoms with Crippen LogP contribution in [0.1, 0.15) is 0 Å². The number of anilines is 1. The topological polar surface area (TPSA) is 92.9 Å². The lowest BCUT2D eigenvalue weighted by atomic mass is 10.2. The molecule has 1 aliphatic heterocycles. The lowest BCUT2D eigenvalue weighted by Gasteiger charge is -2.35. The Morgan fingerprint density at radius 3 is 2.89 bits per heavy atom. The standard InChI is InChI=1S/C11H11ClN2O5/c12-8-5-7(14(17)18)1-2-9(8)13-3-4-19-6-10(13)11(15)16/h1-2,5,10H,3-4,6H2,(H,15,16). The van der Waals surface area contributed by atoms with E-state index in [1.807, 2.05) is 0 Å². The molecule has 1 heterocycles. The number of carbonyl (C=O) groups is 1. The zero-order valence-electron chi connectivity index (χ0n) is 9.78. The molecule has 8 heteroatoms. The van der Waals surface area contributed by atoms with Crippen molar-refractivity contribution in [1.29, 1.82) is 0 Å². The summed E-state index contributed by atoms with van der Waals surface area (Å²) >= 11 is 6.00. The Morgan fingerprint density at radius 2 is 2.32 bits per heavy atom. The molecule has 19 heavy (non-hydrogen) atoms. The third-order valence-electron chi connectivity index (χ3n) is 2.87. The van der Waals surface area contributed by atoms with Crippen molar-refractivity contribution in [1.82, 2.24) is 0 Å². The van der Waals surface area contributed by atoms with Crippen molar-refractivity contribution in [2.24, 2.45) is 0 Å². The van der Waals surface area contributed by atoms with E-state index >= 15 is 0 Å². The van der Waals surface area contributed by atoms with Gasteiger partial charge in [-0.25, -0.2) is 4.79 Å². The van der Waals surface area contributed by atoms with Crippen LogP contribution in [0, 0.1) is 10.1 Å². The van der Waals surface area contributed by atoms with E-state index in [1.54, 1.807) is 4.90 Å². The summed E-state index contributed by atoms with van der Waals surface area (Å²) in [6, 6.07) is 3.13. The van der Waals surface area contributed by atoms with Crippen molar-refractivity contribution in [3.63, 3.8) is 0 Å². The summed E-state index contributed by atoms with van der Waals surface area (Å²) in [4.78, 5) is 22.8. The van der Waals surface area contributed by atoms with Gasteiger partial charge in [-0.3, -0.25) is 10.1 Å². The first-order chi connectivity index (χ1) is 9.00. The number of morpholine rings is 1. The van der Waals surface area contributed by atoms with Gasteiger partial charge < -0.3 is 14.7 Å². The molecule has 1 N–H and O–H groups in total. The fourth-order valence-corrected chi connectivity index (χ4v) is 2.22. The molecule has 1 aromatic rings. The van der Waals surface area contributed by atoms with E-state index in [4.69, 9.17) is 21.4 Å². The highest BCUT2D eigenvalue weighted by atomic mass is 35.5. The molecule has 1 saturated heterocycles. The molecular weight excluding hydrogens is 276 g/mol. The first-order valence-electron chi connectivity index (χ1n) is 5.52. The molecule has 1 atom stereocenters. The third-order valence-corrected chi connectivity index (χ3v) is 3.17. The summed E-state index contributed by atoms with van der Waals surface area (Å²) in [5.41, 5.74) is 0.330. The van der Waals surface area contributed by atoms with E-state index in [0.717, 1.165) is 0 Å². The van der Waals surface area contributed by atoms with E-state index in [2.05, 4.69) is 0 Å². The van der Waals surface area contributed by atoms with Gasteiger partial charge in [0.2, 0.25) is 0 Å². The van der Waals surface area contributed by atoms with E-state index in [9.17, 15) is 14.9 Å². The normalized spacial score (nSPS) is 19.2.